The van der Waals surface area contributed by atoms with Crippen LogP contribution in [0.2, 0.25) is 0 Å². The molecule has 2 aliphatic heterocycles. The van der Waals surface area contributed by atoms with Crippen molar-refractivity contribution in [3.8, 4) is 0 Å². The summed E-state index contributed by atoms with van der Waals surface area (Å²) in [5.74, 6) is 1.76. The Bertz CT molecular complexity index is 605. The molecule has 2 fully saturated rings. The van der Waals surface area contributed by atoms with Gasteiger partial charge in [-0.3, -0.25) is 4.79 Å². The van der Waals surface area contributed by atoms with Crippen molar-refractivity contribution < 1.29 is 4.79 Å². The summed E-state index contributed by atoms with van der Waals surface area (Å²) in [6.45, 7) is 5.39. The summed E-state index contributed by atoms with van der Waals surface area (Å²) in [6, 6.07) is 0. The average Bonchev–Trinajstić information content (AvgIpc) is 3.15. The van der Waals surface area contributed by atoms with E-state index in [0.29, 0.717) is 5.91 Å². The van der Waals surface area contributed by atoms with Gasteiger partial charge < -0.3 is 14.7 Å². The Hall–Kier alpha value is -1.69. The van der Waals surface area contributed by atoms with E-state index < -0.39 is 0 Å². The minimum atomic E-state index is 0.289. The minimum absolute atomic E-state index is 0.289. The van der Waals surface area contributed by atoms with Crippen LogP contribution in [0.25, 0.3) is 0 Å². The molecule has 0 aromatic carbocycles. The highest BCUT2D eigenvalue weighted by atomic mass is 16.2. The number of nitrogens with zero attached hydrogens (tertiary/aromatic N) is 5. The zero-order valence-corrected chi connectivity index (χ0v) is 14.6. The molecular weight excluding hydrogens is 302 g/mol. The van der Waals surface area contributed by atoms with Gasteiger partial charge in [0, 0.05) is 57.2 Å². The Balaban J connectivity index is 1.44. The van der Waals surface area contributed by atoms with Gasteiger partial charge in [-0.25, -0.2) is 9.97 Å². The summed E-state index contributed by atoms with van der Waals surface area (Å²) in [5.41, 5.74) is 2.48. The van der Waals surface area contributed by atoms with E-state index in [0.717, 1.165) is 64.3 Å². The van der Waals surface area contributed by atoms with E-state index in [4.69, 9.17) is 0 Å². The summed E-state index contributed by atoms with van der Waals surface area (Å²) in [7, 11) is 2.15. The van der Waals surface area contributed by atoms with Gasteiger partial charge >= 0.3 is 0 Å². The molecule has 130 valence electrons. The Morgan fingerprint density at radius 1 is 1.08 bits per heavy atom. The van der Waals surface area contributed by atoms with Crippen LogP contribution in [-0.2, 0) is 17.8 Å². The third-order valence-corrected chi connectivity index (χ3v) is 5.77. The Morgan fingerprint density at radius 3 is 2.58 bits per heavy atom. The van der Waals surface area contributed by atoms with Crippen LogP contribution in [0.5, 0.6) is 0 Å². The third-order valence-electron chi connectivity index (χ3n) is 5.77. The van der Waals surface area contributed by atoms with Crippen LogP contribution in [-0.4, -0.2) is 65.4 Å². The maximum absolute atomic E-state index is 12.6. The third kappa shape index (κ3) is 2.99. The fraction of sp³-hybridized carbons (Fsp3) is 0.722. The zero-order valence-electron chi connectivity index (χ0n) is 14.6. The molecule has 0 N–H and O–H groups in total. The van der Waals surface area contributed by atoms with Gasteiger partial charge in [-0.15, -0.1) is 0 Å². The number of aromatic nitrogens is 2. The van der Waals surface area contributed by atoms with Gasteiger partial charge in [0.05, 0.1) is 5.69 Å². The first-order valence-corrected chi connectivity index (χ1v) is 9.27. The number of likely N-dealkylation sites (N-methyl/N-ethyl adjacent to an activating group) is 1. The molecular formula is C18H27N5O. The largest absolute Gasteiger partial charge is 0.353 e. The molecule has 1 aromatic rings. The van der Waals surface area contributed by atoms with Crippen LogP contribution in [0.3, 0.4) is 0 Å². The molecule has 6 heteroatoms. The predicted octanol–water partition coefficient (Wildman–Crippen LogP) is 1.30. The van der Waals surface area contributed by atoms with Crippen molar-refractivity contribution in [3.63, 3.8) is 0 Å². The summed E-state index contributed by atoms with van der Waals surface area (Å²) in [4.78, 5) is 28.4. The van der Waals surface area contributed by atoms with Crippen molar-refractivity contribution in [2.24, 2.45) is 5.92 Å². The molecule has 6 nitrogen and oxygen atoms in total. The molecule has 1 aliphatic carbocycles. The van der Waals surface area contributed by atoms with Crippen molar-refractivity contribution in [1.82, 2.24) is 19.8 Å². The lowest BCUT2D eigenvalue weighted by molar-refractivity contribution is -0.135. The zero-order chi connectivity index (χ0) is 16.5. The summed E-state index contributed by atoms with van der Waals surface area (Å²) >= 11 is 0. The van der Waals surface area contributed by atoms with Crippen LogP contribution < -0.4 is 4.90 Å². The molecule has 3 aliphatic rings. The highest BCUT2D eigenvalue weighted by Crippen LogP contribution is 2.29. The van der Waals surface area contributed by atoms with Gasteiger partial charge in [0.1, 0.15) is 12.1 Å². The van der Waals surface area contributed by atoms with Crippen LogP contribution in [0.1, 0.15) is 36.9 Å². The molecule has 1 saturated heterocycles. The van der Waals surface area contributed by atoms with E-state index in [2.05, 4.69) is 31.7 Å². The van der Waals surface area contributed by atoms with Crippen LogP contribution in [0, 0.1) is 5.92 Å². The lowest BCUT2D eigenvalue weighted by Crippen LogP contribution is -2.50. The quantitative estimate of drug-likeness (QED) is 0.819. The first kappa shape index (κ1) is 15.8. The van der Waals surface area contributed by atoms with Crippen molar-refractivity contribution in [3.05, 3.63) is 17.6 Å². The van der Waals surface area contributed by atoms with Gasteiger partial charge in [0.15, 0.2) is 0 Å². The van der Waals surface area contributed by atoms with Gasteiger partial charge in [0.25, 0.3) is 0 Å². The Kier molecular flexibility index (Phi) is 4.39. The molecule has 24 heavy (non-hydrogen) atoms. The second-order valence-electron chi connectivity index (χ2n) is 7.40. The number of anilines is 1. The number of rotatable bonds is 2. The maximum Gasteiger partial charge on any atom is 0.225 e. The molecule has 0 spiro atoms. The molecule has 4 rings (SSSR count). The Labute approximate surface area is 143 Å². The first-order valence-electron chi connectivity index (χ1n) is 9.27. The first-order chi connectivity index (χ1) is 11.7. The summed E-state index contributed by atoms with van der Waals surface area (Å²) in [5, 5.41) is 0. The van der Waals surface area contributed by atoms with Gasteiger partial charge in [0.2, 0.25) is 5.91 Å². The predicted molar refractivity (Wildman–Crippen MR) is 92.8 cm³/mol. The minimum Gasteiger partial charge on any atom is -0.353 e. The summed E-state index contributed by atoms with van der Waals surface area (Å²) in [6.07, 6.45) is 7.32. The molecule has 0 unspecified atom stereocenters. The number of fused-ring (bicyclic) bond motifs is 1. The van der Waals surface area contributed by atoms with Crippen LogP contribution in [0.15, 0.2) is 6.33 Å². The number of hydrogen-bond acceptors (Lipinski definition) is 5. The standard InChI is InChI=1S/C18H27N5O/c1-21-7-6-16-15(12-21)17(20-13-19-16)22-8-10-23(11-9-22)18(24)14-4-2-3-5-14/h13-14H,2-12H2,1H3. The monoisotopic (exact) mass is 329 g/mol. The van der Waals surface area contributed by atoms with Gasteiger partial charge in [-0.1, -0.05) is 12.8 Å². The second kappa shape index (κ2) is 6.67. The van der Waals surface area contributed by atoms with Crippen LogP contribution in [0.4, 0.5) is 5.82 Å². The SMILES string of the molecule is CN1CCc2ncnc(N3CCN(C(=O)C4CCCC4)CC3)c2C1. The van der Waals surface area contributed by atoms with Crippen molar-refractivity contribution in [1.29, 1.82) is 0 Å². The molecule has 1 amide bonds. The second-order valence-corrected chi connectivity index (χ2v) is 7.40. The van der Waals surface area contributed by atoms with E-state index in [-0.39, 0.29) is 5.92 Å². The smallest absolute Gasteiger partial charge is 0.225 e. The fourth-order valence-corrected chi connectivity index (χ4v) is 4.30. The van der Waals surface area contributed by atoms with E-state index in [1.54, 1.807) is 6.33 Å². The number of piperazine rings is 1. The molecule has 1 aromatic heterocycles. The van der Waals surface area contributed by atoms with Crippen molar-refractivity contribution in [2.75, 3.05) is 44.7 Å². The summed E-state index contributed by atoms with van der Waals surface area (Å²) < 4.78 is 0. The lowest BCUT2D eigenvalue weighted by Gasteiger charge is -2.38. The fourth-order valence-electron chi connectivity index (χ4n) is 4.30. The highest BCUT2D eigenvalue weighted by molar-refractivity contribution is 5.79. The average molecular weight is 329 g/mol. The molecule has 0 bridgehead atoms. The van der Waals surface area contributed by atoms with E-state index in [1.807, 2.05) is 0 Å². The number of amides is 1. The molecule has 3 heterocycles. The normalized spacial score (nSPS) is 22.7. The van der Waals surface area contributed by atoms with E-state index in [9.17, 15) is 4.79 Å². The molecule has 0 radical (unpaired) electrons. The molecule has 0 atom stereocenters. The number of carbonyl (C=O) groups excluding carboxylic acids is 1. The number of carbonyl (C=O) groups is 1. The Morgan fingerprint density at radius 2 is 1.83 bits per heavy atom. The molecule has 1 saturated carbocycles. The van der Waals surface area contributed by atoms with Crippen molar-refractivity contribution >= 4 is 11.7 Å². The topological polar surface area (TPSA) is 52.6 Å². The van der Waals surface area contributed by atoms with Gasteiger partial charge in [-0.2, -0.15) is 0 Å². The highest BCUT2D eigenvalue weighted by Gasteiger charge is 2.31. The maximum atomic E-state index is 12.6. The van der Waals surface area contributed by atoms with E-state index >= 15 is 0 Å². The number of hydrogen-bond donors (Lipinski definition) is 0. The lowest BCUT2D eigenvalue weighted by atomic mass is 10.0. The van der Waals surface area contributed by atoms with E-state index in [1.165, 1.54) is 24.1 Å². The van der Waals surface area contributed by atoms with Crippen molar-refractivity contribution in [2.45, 2.75) is 38.6 Å². The van der Waals surface area contributed by atoms with Crippen LogP contribution >= 0.6 is 0 Å². The van der Waals surface area contributed by atoms with Gasteiger partial charge in [-0.05, 0) is 19.9 Å².